The second-order valence-electron chi connectivity index (χ2n) is 5.51. The van der Waals surface area contributed by atoms with Crippen LogP contribution in [0.4, 0.5) is 0 Å². The van der Waals surface area contributed by atoms with Crippen molar-refractivity contribution in [3.63, 3.8) is 0 Å². The number of hydrogen-bond acceptors (Lipinski definition) is 1. The van der Waals surface area contributed by atoms with E-state index in [0.717, 1.165) is 18.3 Å². The quantitative estimate of drug-likeness (QED) is 0.697. The van der Waals surface area contributed by atoms with Crippen molar-refractivity contribution in [2.75, 3.05) is 6.61 Å². The maximum atomic E-state index is 6.06. The monoisotopic (exact) mass is 266 g/mol. The van der Waals surface area contributed by atoms with Gasteiger partial charge in [0.25, 0.3) is 0 Å². The van der Waals surface area contributed by atoms with Gasteiger partial charge in [-0.05, 0) is 49.3 Å². The first-order chi connectivity index (χ1) is 8.70. The third kappa shape index (κ3) is 3.41. The van der Waals surface area contributed by atoms with Gasteiger partial charge in [-0.25, -0.2) is 0 Å². The molecule has 0 amide bonds. The zero-order chi connectivity index (χ0) is 13.0. The largest absolute Gasteiger partial charge is 0.493 e. The lowest BCUT2D eigenvalue weighted by Gasteiger charge is -2.23. The highest BCUT2D eigenvalue weighted by molar-refractivity contribution is 6.17. The summed E-state index contributed by atoms with van der Waals surface area (Å²) in [6, 6.07) is 4.27. The lowest BCUT2D eigenvalue weighted by Crippen LogP contribution is -2.16. The summed E-state index contributed by atoms with van der Waals surface area (Å²) >= 11 is 5.88. The van der Waals surface area contributed by atoms with Gasteiger partial charge >= 0.3 is 0 Å². The molecule has 18 heavy (non-hydrogen) atoms. The third-order valence-corrected chi connectivity index (χ3v) is 4.17. The van der Waals surface area contributed by atoms with Crippen molar-refractivity contribution in [3.8, 4) is 5.75 Å². The minimum absolute atomic E-state index is 0.574. The molecule has 0 spiro atoms. The molecule has 1 aromatic carbocycles. The Hall–Kier alpha value is -0.690. The van der Waals surface area contributed by atoms with E-state index in [1.54, 1.807) is 0 Å². The van der Waals surface area contributed by atoms with Gasteiger partial charge in [-0.2, -0.15) is 0 Å². The highest BCUT2D eigenvalue weighted by Crippen LogP contribution is 2.28. The maximum absolute atomic E-state index is 6.06. The van der Waals surface area contributed by atoms with E-state index in [4.69, 9.17) is 16.3 Å². The molecule has 0 saturated heterocycles. The molecule has 2 rings (SSSR count). The summed E-state index contributed by atoms with van der Waals surface area (Å²) < 4.78 is 6.06. The first kappa shape index (κ1) is 13.7. The molecule has 0 unspecified atom stereocenters. The zero-order valence-electron chi connectivity index (χ0n) is 11.5. The van der Waals surface area contributed by atoms with Crippen LogP contribution < -0.4 is 4.74 Å². The van der Waals surface area contributed by atoms with Crippen LogP contribution in [0, 0.1) is 19.8 Å². The van der Waals surface area contributed by atoms with Gasteiger partial charge < -0.3 is 4.74 Å². The van der Waals surface area contributed by atoms with Crippen molar-refractivity contribution in [2.24, 2.45) is 5.92 Å². The maximum Gasteiger partial charge on any atom is 0.125 e. The summed E-state index contributed by atoms with van der Waals surface area (Å²) in [5, 5.41) is 0. The van der Waals surface area contributed by atoms with Crippen LogP contribution in [0.2, 0.25) is 0 Å². The minimum atomic E-state index is 0.574. The standard InChI is InChI=1S/C16H23ClO/c1-12-8-15(10-17)9-13(2)16(12)18-11-14-6-4-3-5-7-14/h8-9,14H,3-7,10-11H2,1-2H3. The molecule has 1 aromatic rings. The van der Waals surface area contributed by atoms with Gasteiger partial charge in [-0.15, -0.1) is 11.6 Å². The van der Waals surface area contributed by atoms with Gasteiger partial charge in [0.2, 0.25) is 0 Å². The van der Waals surface area contributed by atoms with Crippen molar-refractivity contribution in [1.82, 2.24) is 0 Å². The number of benzene rings is 1. The average Bonchev–Trinajstić information content (AvgIpc) is 2.38. The summed E-state index contributed by atoms with van der Waals surface area (Å²) in [6.07, 6.45) is 6.81. The number of hydrogen-bond donors (Lipinski definition) is 0. The topological polar surface area (TPSA) is 9.23 Å². The number of ether oxygens (including phenoxy) is 1. The van der Waals surface area contributed by atoms with Crippen LogP contribution in [0.3, 0.4) is 0 Å². The van der Waals surface area contributed by atoms with Crippen LogP contribution in [0.15, 0.2) is 12.1 Å². The van der Waals surface area contributed by atoms with Crippen LogP contribution in [0.1, 0.15) is 48.8 Å². The van der Waals surface area contributed by atoms with Crippen LogP contribution in [-0.4, -0.2) is 6.61 Å². The Labute approximate surface area is 115 Å². The highest BCUT2D eigenvalue weighted by atomic mass is 35.5. The average molecular weight is 267 g/mol. The summed E-state index contributed by atoms with van der Waals surface area (Å²) in [5.41, 5.74) is 3.60. The zero-order valence-corrected chi connectivity index (χ0v) is 12.2. The first-order valence-corrected chi connectivity index (χ1v) is 7.53. The molecule has 0 bridgehead atoms. The molecule has 1 saturated carbocycles. The van der Waals surface area contributed by atoms with E-state index < -0.39 is 0 Å². The molecule has 2 heteroatoms. The molecule has 0 heterocycles. The van der Waals surface area contributed by atoms with Crippen molar-refractivity contribution >= 4 is 11.6 Å². The molecule has 0 radical (unpaired) electrons. The molecule has 0 atom stereocenters. The van der Waals surface area contributed by atoms with Crippen molar-refractivity contribution < 1.29 is 4.74 Å². The fraction of sp³-hybridized carbons (Fsp3) is 0.625. The van der Waals surface area contributed by atoms with Crippen LogP contribution in [0.5, 0.6) is 5.75 Å². The molecule has 1 aliphatic carbocycles. The number of halogens is 1. The lowest BCUT2D eigenvalue weighted by molar-refractivity contribution is 0.207. The minimum Gasteiger partial charge on any atom is -0.493 e. The Bertz CT molecular complexity index is 371. The van der Waals surface area contributed by atoms with E-state index in [1.807, 2.05) is 0 Å². The van der Waals surface area contributed by atoms with Crippen LogP contribution >= 0.6 is 11.6 Å². The second kappa shape index (κ2) is 6.47. The molecule has 1 aliphatic rings. The smallest absolute Gasteiger partial charge is 0.125 e. The predicted octanol–water partition coefficient (Wildman–Crippen LogP) is 5.00. The van der Waals surface area contributed by atoms with E-state index >= 15 is 0 Å². The van der Waals surface area contributed by atoms with Gasteiger partial charge in [-0.3, -0.25) is 0 Å². The lowest BCUT2D eigenvalue weighted by atomic mass is 9.90. The molecule has 100 valence electrons. The first-order valence-electron chi connectivity index (χ1n) is 6.99. The van der Waals surface area contributed by atoms with E-state index in [0.29, 0.717) is 5.88 Å². The van der Waals surface area contributed by atoms with Crippen LogP contribution in [0.25, 0.3) is 0 Å². The van der Waals surface area contributed by atoms with Gasteiger partial charge in [-0.1, -0.05) is 31.4 Å². The molecule has 1 fully saturated rings. The van der Waals surface area contributed by atoms with E-state index in [2.05, 4.69) is 26.0 Å². The third-order valence-electron chi connectivity index (χ3n) is 3.86. The fourth-order valence-electron chi connectivity index (χ4n) is 2.90. The van der Waals surface area contributed by atoms with E-state index in [-0.39, 0.29) is 0 Å². The van der Waals surface area contributed by atoms with Crippen molar-refractivity contribution in [1.29, 1.82) is 0 Å². The van der Waals surface area contributed by atoms with Crippen molar-refractivity contribution in [2.45, 2.75) is 51.8 Å². The Morgan fingerprint density at radius 1 is 1.11 bits per heavy atom. The molecule has 0 N–H and O–H groups in total. The van der Waals surface area contributed by atoms with Gasteiger partial charge in [0, 0.05) is 5.88 Å². The number of rotatable bonds is 4. The highest BCUT2D eigenvalue weighted by Gasteiger charge is 2.15. The molecule has 1 nitrogen and oxygen atoms in total. The SMILES string of the molecule is Cc1cc(CCl)cc(C)c1OCC1CCCCC1. The fourth-order valence-corrected chi connectivity index (χ4v) is 3.05. The van der Waals surface area contributed by atoms with E-state index in [9.17, 15) is 0 Å². The summed E-state index contributed by atoms with van der Waals surface area (Å²) in [7, 11) is 0. The summed E-state index contributed by atoms with van der Waals surface area (Å²) in [4.78, 5) is 0. The Morgan fingerprint density at radius 2 is 1.72 bits per heavy atom. The normalized spacial score (nSPS) is 16.8. The van der Waals surface area contributed by atoms with E-state index in [1.165, 1.54) is 48.8 Å². The summed E-state index contributed by atoms with van der Waals surface area (Å²) in [5.74, 6) is 2.39. The van der Waals surface area contributed by atoms with Crippen LogP contribution in [-0.2, 0) is 5.88 Å². The van der Waals surface area contributed by atoms with Gasteiger partial charge in [0.05, 0.1) is 6.61 Å². The molecule has 0 aromatic heterocycles. The van der Waals surface area contributed by atoms with Gasteiger partial charge in [0.15, 0.2) is 0 Å². The molecular weight excluding hydrogens is 244 g/mol. The molecular formula is C16H23ClO. The second-order valence-corrected chi connectivity index (χ2v) is 5.77. The van der Waals surface area contributed by atoms with Crippen molar-refractivity contribution in [3.05, 3.63) is 28.8 Å². The predicted molar refractivity (Wildman–Crippen MR) is 77.5 cm³/mol. The Morgan fingerprint density at radius 3 is 2.28 bits per heavy atom. The molecule has 0 aliphatic heterocycles. The van der Waals surface area contributed by atoms with Gasteiger partial charge in [0.1, 0.15) is 5.75 Å². The Balaban J connectivity index is 2.00. The number of aryl methyl sites for hydroxylation is 2. The Kier molecular flexibility index (Phi) is 4.94. The number of alkyl halides is 1. The summed E-state index contributed by atoms with van der Waals surface area (Å²) in [6.45, 7) is 5.10.